The maximum absolute atomic E-state index is 13.6. The molecule has 0 spiro atoms. The zero-order valence-corrected chi connectivity index (χ0v) is 12.3. The van der Waals surface area contributed by atoms with Crippen molar-refractivity contribution in [3.63, 3.8) is 0 Å². The van der Waals surface area contributed by atoms with Crippen molar-refractivity contribution in [1.82, 2.24) is 4.98 Å². The van der Waals surface area contributed by atoms with Crippen molar-refractivity contribution in [3.05, 3.63) is 35.3 Å². The van der Waals surface area contributed by atoms with Gasteiger partial charge in [-0.1, -0.05) is 12.1 Å². The quantitative estimate of drug-likeness (QED) is 0.862. The molecule has 0 amide bonds. The van der Waals surface area contributed by atoms with Crippen LogP contribution in [0.15, 0.2) is 18.2 Å². The van der Waals surface area contributed by atoms with Crippen molar-refractivity contribution in [2.75, 3.05) is 0 Å². The molecule has 0 aromatic carbocycles. The molecule has 108 valence electrons. The van der Waals surface area contributed by atoms with Gasteiger partial charge in [0.1, 0.15) is 5.82 Å². The van der Waals surface area contributed by atoms with Crippen LogP contribution >= 0.6 is 0 Å². The number of nitrogens with two attached hydrogens (primary N) is 1. The van der Waals surface area contributed by atoms with E-state index in [1.807, 2.05) is 27.7 Å². The molecule has 1 saturated heterocycles. The molecule has 1 aromatic heterocycles. The summed E-state index contributed by atoms with van der Waals surface area (Å²) in [6, 6.07) is 1.40. The van der Waals surface area contributed by atoms with Gasteiger partial charge in [-0.3, -0.25) is 4.98 Å². The maximum atomic E-state index is 13.6. The van der Waals surface area contributed by atoms with Gasteiger partial charge >= 0.3 is 7.12 Å². The molecule has 6 heteroatoms. The standard InChI is InChI=1S/C14H20BFN2O2/c1-13(2)14(3,4)20-15(19-13)6-5-10-7-11(16)12(8-17)18-9-10/h5-7,9H,8,17H2,1-4H3/b6-5+. The molecule has 1 aliphatic heterocycles. The summed E-state index contributed by atoms with van der Waals surface area (Å²) in [5.41, 5.74) is 5.52. The highest BCUT2D eigenvalue weighted by atomic mass is 19.1. The summed E-state index contributed by atoms with van der Waals surface area (Å²) in [7, 11) is -0.447. The van der Waals surface area contributed by atoms with Crippen molar-refractivity contribution in [2.45, 2.75) is 45.4 Å². The van der Waals surface area contributed by atoms with Gasteiger partial charge in [0.2, 0.25) is 0 Å². The Morgan fingerprint density at radius 1 is 1.30 bits per heavy atom. The highest BCUT2D eigenvalue weighted by Crippen LogP contribution is 2.36. The van der Waals surface area contributed by atoms with Crippen LogP contribution in [0.5, 0.6) is 0 Å². The lowest BCUT2D eigenvalue weighted by Gasteiger charge is -2.32. The second-order valence-corrected chi connectivity index (χ2v) is 5.89. The third kappa shape index (κ3) is 2.92. The van der Waals surface area contributed by atoms with Gasteiger partial charge in [0.15, 0.2) is 0 Å². The van der Waals surface area contributed by atoms with E-state index in [4.69, 9.17) is 15.0 Å². The van der Waals surface area contributed by atoms with Gasteiger partial charge in [0, 0.05) is 12.7 Å². The summed E-state index contributed by atoms with van der Waals surface area (Å²) in [5.74, 6) is 1.36. The number of hydrogen-bond donors (Lipinski definition) is 1. The SMILES string of the molecule is CC1(C)OB(/C=C/c2cnc(CN)c(F)c2)OC1(C)C. The average Bonchev–Trinajstić information content (AvgIpc) is 2.55. The van der Waals surface area contributed by atoms with Crippen LogP contribution in [0.25, 0.3) is 6.08 Å². The van der Waals surface area contributed by atoms with Crippen LogP contribution < -0.4 is 5.73 Å². The number of halogens is 1. The number of hydrogen-bond acceptors (Lipinski definition) is 4. The highest BCUT2D eigenvalue weighted by molar-refractivity contribution is 6.52. The molecule has 0 saturated carbocycles. The summed E-state index contributed by atoms with van der Waals surface area (Å²) in [6.45, 7) is 8.03. The topological polar surface area (TPSA) is 57.4 Å². The maximum Gasteiger partial charge on any atom is 0.487 e. The molecule has 2 heterocycles. The molecule has 2 rings (SSSR count). The minimum Gasteiger partial charge on any atom is -0.400 e. The van der Waals surface area contributed by atoms with Gasteiger partial charge in [0.05, 0.1) is 16.9 Å². The van der Waals surface area contributed by atoms with Crippen LogP contribution in [0.4, 0.5) is 4.39 Å². The van der Waals surface area contributed by atoms with E-state index in [1.165, 1.54) is 6.07 Å². The zero-order chi connectivity index (χ0) is 15.0. The third-order valence-corrected chi connectivity index (χ3v) is 3.85. The molecule has 4 nitrogen and oxygen atoms in total. The number of aromatic nitrogens is 1. The molecule has 2 N–H and O–H groups in total. The van der Waals surface area contributed by atoms with Gasteiger partial charge in [-0.2, -0.15) is 0 Å². The summed E-state index contributed by atoms with van der Waals surface area (Å²) in [6.07, 6.45) is 3.31. The van der Waals surface area contributed by atoms with Gasteiger partial charge in [0.25, 0.3) is 0 Å². The van der Waals surface area contributed by atoms with E-state index in [0.29, 0.717) is 5.56 Å². The van der Waals surface area contributed by atoms with Crippen LogP contribution in [-0.4, -0.2) is 23.3 Å². The summed E-state index contributed by atoms with van der Waals surface area (Å²) < 4.78 is 25.2. The van der Waals surface area contributed by atoms with Crippen LogP contribution in [0.3, 0.4) is 0 Å². The first-order valence-corrected chi connectivity index (χ1v) is 6.63. The molecule has 0 aliphatic carbocycles. The Hall–Kier alpha value is -1.24. The summed E-state index contributed by atoms with van der Waals surface area (Å²) in [5, 5.41) is 0. The monoisotopic (exact) mass is 278 g/mol. The Balaban J connectivity index is 2.10. The lowest BCUT2D eigenvalue weighted by atomic mass is 9.89. The predicted octanol–water partition coefficient (Wildman–Crippen LogP) is 2.32. The van der Waals surface area contributed by atoms with Gasteiger partial charge in [-0.25, -0.2) is 4.39 Å². The van der Waals surface area contributed by atoms with Gasteiger partial charge in [-0.15, -0.1) is 0 Å². The summed E-state index contributed by atoms with van der Waals surface area (Å²) in [4.78, 5) is 3.97. The molecular formula is C14H20BFN2O2. The highest BCUT2D eigenvalue weighted by Gasteiger charge is 2.49. The van der Waals surface area contributed by atoms with E-state index in [1.54, 1.807) is 18.2 Å². The fraction of sp³-hybridized carbons (Fsp3) is 0.500. The fourth-order valence-electron chi connectivity index (χ4n) is 1.88. The van der Waals surface area contributed by atoms with Crippen LogP contribution in [-0.2, 0) is 15.9 Å². The van der Waals surface area contributed by atoms with Crippen LogP contribution in [0.2, 0.25) is 0 Å². The van der Waals surface area contributed by atoms with E-state index in [9.17, 15) is 4.39 Å². The smallest absolute Gasteiger partial charge is 0.400 e. The van der Waals surface area contributed by atoms with Crippen molar-refractivity contribution >= 4 is 13.2 Å². The third-order valence-electron chi connectivity index (χ3n) is 3.85. The molecule has 1 aromatic rings. The average molecular weight is 278 g/mol. The largest absolute Gasteiger partial charge is 0.487 e. The Morgan fingerprint density at radius 3 is 2.40 bits per heavy atom. The molecule has 1 fully saturated rings. The van der Waals surface area contributed by atoms with Gasteiger partial charge in [-0.05, 0) is 39.3 Å². The Bertz CT molecular complexity index is 516. The Morgan fingerprint density at radius 2 is 1.90 bits per heavy atom. The van der Waals surface area contributed by atoms with Crippen molar-refractivity contribution < 1.29 is 13.7 Å². The Kier molecular flexibility index (Phi) is 4.00. The summed E-state index contributed by atoms with van der Waals surface area (Å²) >= 11 is 0. The first kappa shape index (κ1) is 15.2. The zero-order valence-electron chi connectivity index (χ0n) is 12.3. The van der Waals surface area contributed by atoms with Crippen molar-refractivity contribution in [2.24, 2.45) is 5.73 Å². The minimum atomic E-state index is -0.447. The van der Waals surface area contributed by atoms with E-state index in [-0.39, 0.29) is 23.4 Å². The van der Waals surface area contributed by atoms with Crippen LogP contribution in [0, 0.1) is 5.82 Å². The lowest BCUT2D eigenvalue weighted by Crippen LogP contribution is -2.41. The lowest BCUT2D eigenvalue weighted by molar-refractivity contribution is 0.00578. The molecule has 1 aliphatic rings. The van der Waals surface area contributed by atoms with Crippen LogP contribution in [0.1, 0.15) is 39.0 Å². The molecule has 0 atom stereocenters. The van der Waals surface area contributed by atoms with E-state index < -0.39 is 12.9 Å². The van der Waals surface area contributed by atoms with E-state index in [0.717, 1.165) is 0 Å². The second kappa shape index (κ2) is 5.28. The first-order chi connectivity index (χ1) is 9.25. The molecule has 20 heavy (non-hydrogen) atoms. The van der Waals surface area contributed by atoms with E-state index >= 15 is 0 Å². The molecule has 0 bridgehead atoms. The van der Waals surface area contributed by atoms with Crippen molar-refractivity contribution in [1.29, 1.82) is 0 Å². The van der Waals surface area contributed by atoms with Gasteiger partial charge < -0.3 is 15.0 Å². The normalized spacial score (nSPS) is 20.8. The van der Waals surface area contributed by atoms with E-state index in [2.05, 4.69) is 4.98 Å². The Labute approximate surface area is 119 Å². The number of pyridine rings is 1. The number of rotatable bonds is 3. The minimum absolute atomic E-state index is 0.0903. The predicted molar refractivity (Wildman–Crippen MR) is 77.2 cm³/mol. The number of nitrogens with zero attached hydrogens (tertiary/aromatic N) is 1. The molecule has 0 unspecified atom stereocenters. The molecular weight excluding hydrogens is 258 g/mol. The second-order valence-electron chi connectivity index (χ2n) is 5.89. The first-order valence-electron chi connectivity index (χ1n) is 6.63. The fourth-order valence-corrected chi connectivity index (χ4v) is 1.88. The van der Waals surface area contributed by atoms with Crippen molar-refractivity contribution in [3.8, 4) is 0 Å². The molecule has 0 radical (unpaired) electrons.